The Hall–Kier alpha value is -1.87. The third-order valence-electron chi connectivity index (χ3n) is 2.40. The normalized spacial score (nSPS) is 10.4. The molecule has 0 aliphatic carbocycles. The summed E-state index contributed by atoms with van der Waals surface area (Å²) in [6, 6.07) is 10.0. The third kappa shape index (κ3) is 3.29. The van der Waals surface area contributed by atoms with Crippen molar-refractivity contribution in [2.24, 2.45) is 0 Å². The second-order valence-electron chi connectivity index (χ2n) is 3.70. The number of aromatic nitrogens is 1. The van der Waals surface area contributed by atoms with Crippen LogP contribution in [-0.2, 0) is 0 Å². The highest BCUT2D eigenvalue weighted by molar-refractivity contribution is 5.79. The number of fused-ring (bicyclic) bond motifs is 1. The summed E-state index contributed by atoms with van der Waals surface area (Å²) in [4.78, 5) is 4.33. The fourth-order valence-corrected chi connectivity index (χ4v) is 1.57. The van der Waals surface area contributed by atoms with Crippen molar-refractivity contribution in [1.29, 1.82) is 0 Å². The first kappa shape index (κ1) is 11.6. The van der Waals surface area contributed by atoms with Gasteiger partial charge >= 0.3 is 0 Å². The average Bonchev–Trinajstić information content (AvgIpc) is 2.38. The van der Waals surface area contributed by atoms with E-state index in [1.807, 2.05) is 36.4 Å². The number of ether oxygens (including phenoxy) is 1. The van der Waals surface area contributed by atoms with E-state index in [1.54, 1.807) is 6.20 Å². The Morgan fingerprint density at radius 3 is 3.12 bits per heavy atom. The summed E-state index contributed by atoms with van der Waals surface area (Å²) in [6.45, 7) is 5.88. The summed E-state index contributed by atoms with van der Waals surface area (Å²) in [6.07, 6.45) is 3.59. The van der Waals surface area contributed by atoms with Gasteiger partial charge < -0.3 is 10.1 Å². The predicted molar refractivity (Wildman–Crippen MR) is 70.3 cm³/mol. The van der Waals surface area contributed by atoms with E-state index in [4.69, 9.17) is 4.74 Å². The van der Waals surface area contributed by atoms with Gasteiger partial charge in [0.2, 0.25) is 0 Å². The van der Waals surface area contributed by atoms with Gasteiger partial charge in [0.25, 0.3) is 0 Å². The number of benzene rings is 1. The molecule has 0 spiro atoms. The summed E-state index contributed by atoms with van der Waals surface area (Å²) < 4.78 is 5.60. The summed E-state index contributed by atoms with van der Waals surface area (Å²) in [5, 5.41) is 4.28. The lowest BCUT2D eigenvalue weighted by Crippen LogP contribution is -2.20. The molecule has 0 amide bonds. The van der Waals surface area contributed by atoms with Crippen LogP contribution in [0.3, 0.4) is 0 Å². The number of para-hydroxylation sites is 1. The summed E-state index contributed by atoms with van der Waals surface area (Å²) in [5.41, 5.74) is 0.990. The van der Waals surface area contributed by atoms with Crippen molar-refractivity contribution in [3.05, 3.63) is 49.2 Å². The zero-order valence-corrected chi connectivity index (χ0v) is 9.73. The van der Waals surface area contributed by atoms with E-state index in [2.05, 4.69) is 16.9 Å². The van der Waals surface area contributed by atoms with Crippen molar-refractivity contribution in [2.45, 2.75) is 0 Å². The van der Waals surface area contributed by atoms with E-state index in [0.29, 0.717) is 6.61 Å². The minimum absolute atomic E-state index is 0.633. The fraction of sp³-hybridized carbons (Fsp3) is 0.214. The van der Waals surface area contributed by atoms with Crippen molar-refractivity contribution < 1.29 is 4.74 Å². The first-order chi connectivity index (χ1) is 8.40. The van der Waals surface area contributed by atoms with Crippen LogP contribution < -0.4 is 10.1 Å². The number of rotatable bonds is 6. The van der Waals surface area contributed by atoms with Crippen LogP contribution in [0.2, 0.25) is 0 Å². The first-order valence-corrected chi connectivity index (χ1v) is 5.69. The molecule has 1 heterocycles. The van der Waals surface area contributed by atoms with Crippen molar-refractivity contribution in [3.63, 3.8) is 0 Å². The van der Waals surface area contributed by atoms with Gasteiger partial charge in [0.05, 0.1) is 11.7 Å². The molecule has 0 atom stereocenters. The lowest BCUT2D eigenvalue weighted by molar-refractivity contribution is 0.316. The van der Waals surface area contributed by atoms with Crippen LogP contribution in [0.15, 0.2) is 49.2 Å². The fourth-order valence-electron chi connectivity index (χ4n) is 1.57. The van der Waals surface area contributed by atoms with Gasteiger partial charge in [0, 0.05) is 18.5 Å². The largest absolute Gasteiger partial charge is 0.491 e. The highest BCUT2D eigenvalue weighted by Crippen LogP contribution is 2.17. The van der Waals surface area contributed by atoms with Crippen LogP contribution in [-0.4, -0.2) is 24.7 Å². The molecule has 1 N–H and O–H groups in total. The molecule has 0 aliphatic rings. The Bertz CT molecular complexity index is 496. The topological polar surface area (TPSA) is 34.1 Å². The van der Waals surface area contributed by atoms with Crippen LogP contribution in [0.25, 0.3) is 10.9 Å². The highest BCUT2D eigenvalue weighted by Gasteiger charge is 1.97. The standard InChI is InChI=1S/C14H16N2O/c1-2-7-15-8-9-17-13-10-12-5-3-4-6-14(12)16-11-13/h2-6,10-11,15H,1,7-9H2. The summed E-state index contributed by atoms with van der Waals surface area (Å²) in [7, 11) is 0. The molecule has 0 saturated heterocycles. The van der Waals surface area contributed by atoms with E-state index in [0.717, 1.165) is 29.7 Å². The molecule has 88 valence electrons. The van der Waals surface area contributed by atoms with E-state index < -0.39 is 0 Å². The van der Waals surface area contributed by atoms with E-state index in [9.17, 15) is 0 Å². The van der Waals surface area contributed by atoms with Crippen LogP contribution in [0.5, 0.6) is 5.75 Å². The van der Waals surface area contributed by atoms with Crippen molar-refractivity contribution >= 4 is 10.9 Å². The Morgan fingerprint density at radius 1 is 1.35 bits per heavy atom. The molecule has 3 heteroatoms. The number of pyridine rings is 1. The lowest BCUT2D eigenvalue weighted by Gasteiger charge is -2.06. The zero-order chi connectivity index (χ0) is 11.9. The van der Waals surface area contributed by atoms with Gasteiger partial charge in [0.1, 0.15) is 12.4 Å². The van der Waals surface area contributed by atoms with Crippen LogP contribution >= 0.6 is 0 Å². The maximum atomic E-state index is 5.60. The molecule has 0 unspecified atom stereocenters. The summed E-state index contributed by atoms with van der Waals surface area (Å²) >= 11 is 0. The Balaban J connectivity index is 1.92. The van der Waals surface area contributed by atoms with Gasteiger partial charge in [-0.1, -0.05) is 24.3 Å². The summed E-state index contributed by atoms with van der Waals surface area (Å²) in [5.74, 6) is 0.809. The second-order valence-corrected chi connectivity index (χ2v) is 3.70. The zero-order valence-electron chi connectivity index (χ0n) is 9.73. The quantitative estimate of drug-likeness (QED) is 0.609. The number of hydrogen-bond acceptors (Lipinski definition) is 3. The molecule has 0 fully saturated rings. The molecule has 0 radical (unpaired) electrons. The molecule has 3 nitrogen and oxygen atoms in total. The molecule has 1 aromatic carbocycles. The van der Waals surface area contributed by atoms with Gasteiger partial charge in [-0.2, -0.15) is 0 Å². The Kier molecular flexibility index (Phi) is 4.11. The van der Waals surface area contributed by atoms with Crippen molar-refractivity contribution in [3.8, 4) is 5.75 Å². The molecule has 0 aliphatic heterocycles. The number of hydrogen-bond donors (Lipinski definition) is 1. The van der Waals surface area contributed by atoms with Gasteiger partial charge in [-0.25, -0.2) is 0 Å². The minimum Gasteiger partial charge on any atom is -0.491 e. The third-order valence-corrected chi connectivity index (χ3v) is 2.40. The Labute approximate surface area is 101 Å². The van der Waals surface area contributed by atoms with Gasteiger partial charge in [-0.15, -0.1) is 6.58 Å². The van der Waals surface area contributed by atoms with E-state index >= 15 is 0 Å². The van der Waals surface area contributed by atoms with Crippen LogP contribution in [0.1, 0.15) is 0 Å². The lowest BCUT2D eigenvalue weighted by atomic mass is 10.2. The van der Waals surface area contributed by atoms with E-state index in [1.165, 1.54) is 0 Å². The number of nitrogens with zero attached hydrogens (tertiary/aromatic N) is 1. The SMILES string of the molecule is C=CCNCCOc1cnc2ccccc2c1. The maximum Gasteiger partial charge on any atom is 0.138 e. The minimum atomic E-state index is 0.633. The number of nitrogens with one attached hydrogen (secondary N) is 1. The maximum absolute atomic E-state index is 5.60. The molecule has 2 aromatic rings. The van der Waals surface area contributed by atoms with Crippen LogP contribution in [0.4, 0.5) is 0 Å². The van der Waals surface area contributed by atoms with Gasteiger partial charge in [-0.05, 0) is 12.1 Å². The molecule has 0 saturated carbocycles. The second kappa shape index (κ2) is 6.01. The molecule has 2 rings (SSSR count). The van der Waals surface area contributed by atoms with E-state index in [-0.39, 0.29) is 0 Å². The molecule has 0 bridgehead atoms. The Morgan fingerprint density at radius 2 is 2.24 bits per heavy atom. The van der Waals surface area contributed by atoms with Gasteiger partial charge in [0.15, 0.2) is 0 Å². The average molecular weight is 228 g/mol. The van der Waals surface area contributed by atoms with Gasteiger partial charge in [-0.3, -0.25) is 4.98 Å². The van der Waals surface area contributed by atoms with Crippen molar-refractivity contribution in [2.75, 3.05) is 19.7 Å². The highest BCUT2D eigenvalue weighted by atomic mass is 16.5. The molecule has 1 aromatic heterocycles. The predicted octanol–water partition coefficient (Wildman–Crippen LogP) is 2.39. The monoisotopic (exact) mass is 228 g/mol. The van der Waals surface area contributed by atoms with Crippen LogP contribution in [0, 0.1) is 0 Å². The molecule has 17 heavy (non-hydrogen) atoms. The first-order valence-electron chi connectivity index (χ1n) is 5.69. The molecular weight excluding hydrogens is 212 g/mol. The molecular formula is C14H16N2O. The van der Waals surface area contributed by atoms with Crippen molar-refractivity contribution in [1.82, 2.24) is 10.3 Å². The smallest absolute Gasteiger partial charge is 0.138 e.